The summed E-state index contributed by atoms with van der Waals surface area (Å²) in [6.45, 7) is 0. The second-order valence-corrected chi connectivity index (χ2v) is 5.70. The highest BCUT2D eigenvalue weighted by Gasteiger charge is 2.12. The number of ether oxygens (including phenoxy) is 1. The van der Waals surface area contributed by atoms with Crippen molar-refractivity contribution in [2.75, 3.05) is 12.4 Å². The van der Waals surface area contributed by atoms with Crippen molar-refractivity contribution in [3.63, 3.8) is 0 Å². The number of carbonyl (C=O) groups excluding carboxylic acids is 2. The molecule has 2 rings (SSSR count). The Morgan fingerprint density at radius 3 is 2.48 bits per heavy atom. The number of benzene rings is 2. The van der Waals surface area contributed by atoms with E-state index < -0.39 is 0 Å². The molecule has 0 aliphatic rings. The van der Waals surface area contributed by atoms with Gasteiger partial charge in [0.05, 0.1) is 12.8 Å². The van der Waals surface area contributed by atoms with Crippen LogP contribution < -0.4 is 10.1 Å². The Morgan fingerprint density at radius 2 is 1.78 bits per heavy atom. The molecule has 0 spiro atoms. The molecule has 120 valence electrons. The Bertz CT molecular complexity index is 732. The maximum Gasteiger partial charge on any atom is 0.224 e. The fraction of sp³-hybridized carbons (Fsp3) is 0.176. The van der Waals surface area contributed by atoms with Crippen LogP contribution in [0.5, 0.6) is 5.75 Å². The van der Waals surface area contributed by atoms with Crippen LogP contribution in [0.4, 0.5) is 5.69 Å². The minimum Gasteiger partial charge on any atom is -0.495 e. The molecule has 0 fully saturated rings. The van der Waals surface area contributed by atoms with Crippen LogP contribution in [-0.2, 0) is 4.79 Å². The number of hydrogen-bond donors (Lipinski definition) is 1. The van der Waals surface area contributed by atoms with Crippen molar-refractivity contribution < 1.29 is 14.3 Å². The highest BCUT2D eigenvalue weighted by Crippen LogP contribution is 2.27. The molecule has 0 unspecified atom stereocenters. The monoisotopic (exact) mass is 351 g/mol. The molecule has 6 heteroatoms. The summed E-state index contributed by atoms with van der Waals surface area (Å²) in [5, 5.41) is 3.67. The average Bonchev–Trinajstić information content (AvgIpc) is 2.53. The van der Waals surface area contributed by atoms with E-state index in [1.807, 2.05) is 0 Å². The van der Waals surface area contributed by atoms with Crippen molar-refractivity contribution in [1.82, 2.24) is 0 Å². The molecule has 2 aromatic carbocycles. The molecule has 23 heavy (non-hydrogen) atoms. The van der Waals surface area contributed by atoms with Crippen molar-refractivity contribution in [3.05, 3.63) is 58.1 Å². The Labute approximate surface area is 144 Å². The van der Waals surface area contributed by atoms with Crippen LogP contribution in [-0.4, -0.2) is 18.8 Å². The lowest BCUT2D eigenvalue weighted by molar-refractivity contribution is -0.116. The number of rotatable bonds is 6. The number of carbonyl (C=O) groups is 2. The van der Waals surface area contributed by atoms with Crippen LogP contribution in [0.25, 0.3) is 0 Å². The Kier molecular flexibility index (Phi) is 6.02. The highest BCUT2D eigenvalue weighted by atomic mass is 35.5. The van der Waals surface area contributed by atoms with Crippen LogP contribution in [0.3, 0.4) is 0 Å². The number of halogens is 2. The summed E-state index contributed by atoms with van der Waals surface area (Å²) >= 11 is 11.8. The van der Waals surface area contributed by atoms with Crippen molar-refractivity contribution in [1.29, 1.82) is 0 Å². The van der Waals surface area contributed by atoms with Gasteiger partial charge in [0.2, 0.25) is 5.91 Å². The molecule has 0 bridgehead atoms. The third-order valence-corrected chi connectivity index (χ3v) is 3.63. The Morgan fingerprint density at radius 1 is 1.04 bits per heavy atom. The molecule has 0 atom stereocenters. The zero-order valence-corrected chi connectivity index (χ0v) is 13.9. The molecule has 0 aliphatic carbocycles. The van der Waals surface area contributed by atoms with Gasteiger partial charge in [-0.25, -0.2) is 0 Å². The topological polar surface area (TPSA) is 55.4 Å². The Balaban J connectivity index is 1.95. The molecule has 0 aliphatic heterocycles. The lowest BCUT2D eigenvalue weighted by Gasteiger charge is -2.10. The maximum absolute atomic E-state index is 12.0. The SMILES string of the molecule is COc1ccc(Cl)cc1NC(=O)CCC(=O)c1cccc(Cl)c1. The molecule has 0 saturated carbocycles. The second kappa shape index (κ2) is 7.99. The molecular weight excluding hydrogens is 337 g/mol. The molecule has 2 aromatic rings. The van der Waals surface area contributed by atoms with Gasteiger partial charge in [-0.3, -0.25) is 9.59 Å². The maximum atomic E-state index is 12.0. The van der Waals surface area contributed by atoms with E-state index in [1.54, 1.807) is 42.5 Å². The fourth-order valence-corrected chi connectivity index (χ4v) is 2.39. The third kappa shape index (κ3) is 4.98. The van der Waals surface area contributed by atoms with E-state index in [-0.39, 0.29) is 24.5 Å². The molecule has 0 heterocycles. The van der Waals surface area contributed by atoms with E-state index in [4.69, 9.17) is 27.9 Å². The van der Waals surface area contributed by atoms with Gasteiger partial charge in [-0.05, 0) is 30.3 Å². The van der Waals surface area contributed by atoms with E-state index in [1.165, 1.54) is 7.11 Å². The van der Waals surface area contributed by atoms with Gasteiger partial charge in [0.25, 0.3) is 0 Å². The minimum atomic E-state index is -0.291. The first-order valence-electron chi connectivity index (χ1n) is 6.92. The number of amides is 1. The van der Waals surface area contributed by atoms with Crippen LogP contribution >= 0.6 is 23.2 Å². The van der Waals surface area contributed by atoms with Gasteiger partial charge in [0.1, 0.15) is 5.75 Å². The standard InChI is InChI=1S/C17H15Cl2NO3/c1-23-16-7-5-13(19)10-14(16)20-17(22)8-6-15(21)11-3-2-4-12(18)9-11/h2-5,7,9-10H,6,8H2,1H3,(H,20,22). The van der Waals surface area contributed by atoms with Crippen LogP contribution in [0.1, 0.15) is 23.2 Å². The summed E-state index contributed by atoms with van der Waals surface area (Å²) in [6.07, 6.45) is 0.149. The van der Waals surface area contributed by atoms with Crippen LogP contribution in [0.15, 0.2) is 42.5 Å². The predicted molar refractivity (Wildman–Crippen MR) is 91.7 cm³/mol. The number of nitrogens with one attached hydrogen (secondary N) is 1. The predicted octanol–water partition coefficient (Wildman–Crippen LogP) is 4.60. The van der Waals surface area contributed by atoms with Gasteiger partial charge in [-0.2, -0.15) is 0 Å². The number of ketones is 1. The summed E-state index contributed by atoms with van der Waals surface area (Å²) in [7, 11) is 1.50. The quantitative estimate of drug-likeness (QED) is 0.773. The summed E-state index contributed by atoms with van der Waals surface area (Å²) in [5.74, 6) is 0.0746. The average molecular weight is 352 g/mol. The summed E-state index contributed by atoms with van der Waals surface area (Å²) < 4.78 is 5.15. The third-order valence-electron chi connectivity index (χ3n) is 3.16. The summed E-state index contributed by atoms with van der Waals surface area (Å²) in [6, 6.07) is 11.6. The number of anilines is 1. The van der Waals surface area contributed by atoms with Gasteiger partial charge in [-0.1, -0.05) is 35.3 Å². The first kappa shape index (κ1) is 17.3. The lowest BCUT2D eigenvalue weighted by Crippen LogP contribution is -2.14. The highest BCUT2D eigenvalue weighted by molar-refractivity contribution is 6.31. The molecule has 4 nitrogen and oxygen atoms in total. The molecule has 0 saturated heterocycles. The summed E-state index contributed by atoms with van der Waals surface area (Å²) in [5.41, 5.74) is 0.964. The van der Waals surface area contributed by atoms with E-state index in [0.717, 1.165) is 0 Å². The number of Topliss-reactive ketones (excluding diaryl/α,β-unsaturated/α-hetero) is 1. The molecule has 0 aromatic heterocycles. The first-order chi connectivity index (χ1) is 11.0. The minimum absolute atomic E-state index is 0.0566. The van der Waals surface area contributed by atoms with E-state index in [0.29, 0.717) is 27.0 Å². The van der Waals surface area contributed by atoms with Crippen molar-refractivity contribution in [2.24, 2.45) is 0 Å². The van der Waals surface area contributed by atoms with Crippen LogP contribution in [0, 0.1) is 0 Å². The molecule has 1 amide bonds. The van der Waals surface area contributed by atoms with Crippen molar-refractivity contribution in [2.45, 2.75) is 12.8 Å². The smallest absolute Gasteiger partial charge is 0.224 e. The van der Waals surface area contributed by atoms with Gasteiger partial charge in [0.15, 0.2) is 5.78 Å². The van der Waals surface area contributed by atoms with Gasteiger partial charge >= 0.3 is 0 Å². The first-order valence-corrected chi connectivity index (χ1v) is 7.67. The molecule has 1 N–H and O–H groups in total. The second-order valence-electron chi connectivity index (χ2n) is 4.83. The van der Waals surface area contributed by atoms with Crippen molar-refractivity contribution in [3.8, 4) is 5.75 Å². The van der Waals surface area contributed by atoms with Gasteiger partial charge in [-0.15, -0.1) is 0 Å². The van der Waals surface area contributed by atoms with Crippen molar-refractivity contribution >= 4 is 40.6 Å². The lowest BCUT2D eigenvalue weighted by atomic mass is 10.1. The van der Waals surface area contributed by atoms with E-state index in [2.05, 4.69) is 5.32 Å². The zero-order valence-electron chi connectivity index (χ0n) is 12.4. The number of hydrogen-bond acceptors (Lipinski definition) is 3. The Hall–Kier alpha value is -2.04. The van der Waals surface area contributed by atoms with Crippen LogP contribution in [0.2, 0.25) is 10.0 Å². The zero-order chi connectivity index (χ0) is 16.8. The largest absolute Gasteiger partial charge is 0.495 e. The van der Waals surface area contributed by atoms with E-state index in [9.17, 15) is 9.59 Å². The molecule has 0 radical (unpaired) electrons. The fourth-order valence-electron chi connectivity index (χ4n) is 2.02. The van der Waals surface area contributed by atoms with Gasteiger partial charge in [0, 0.05) is 28.5 Å². The molecular formula is C17H15Cl2NO3. The van der Waals surface area contributed by atoms with E-state index >= 15 is 0 Å². The van der Waals surface area contributed by atoms with Gasteiger partial charge < -0.3 is 10.1 Å². The summed E-state index contributed by atoms with van der Waals surface area (Å²) in [4.78, 5) is 24.1. The normalized spacial score (nSPS) is 10.2. The number of methoxy groups -OCH3 is 1.